The van der Waals surface area contributed by atoms with Crippen molar-refractivity contribution >= 4 is 34.4 Å². The molecular formula is C22H25N3S2. The monoisotopic (exact) mass is 395 g/mol. The second-order valence-corrected chi connectivity index (χ2v) is 9.24. The minimum atomic E-state index is 0.233. The molecule has 0 bridgehead atoms. The Balaban J connectivity index is 1.48. The molecule has 27 heavy (non-hydrogen) atoms. The van der Waals surface area contributed by atoms with E-state index >= 15 is 0 Å². The van der Waals surface area contributed by atoms with Gasteiger partial charge in [0, 0.05) is 22.4 Å². The van der Waals surface area contributed by atoms with Crippen LogP contribution in [0.2, 0.25) is 0 Å². The zero-order valence-corrected chi connectivity index (χ0v) is 17.1. The van der Waals surface area contributed by atoms with Crippen molar-refractivity contribution in [3.63, 3.8) is 0 Å². The second-order valence-electron chi connectivity index (χ2n) is 7.88. The predicted octanol–water partition coefficient (Wildman–Crippen LogP) is 5.28. The Morgan fingerprint density at radius 1 is 1.07 bits per heavy atom. The lowest BCUT2D eigenvalue weighted by molar-refractivity contribution is 0.298. The SMILES string of the molecule is S=C(NC1CCCCC1)N1N=C2c3ccccc3CC[C@H]2[C@H]1c1cccs1. The van der Waals surface area contributed by atoms with E-state index in [1.807, 2.05) is 11.3 Å². The van der Waals surface area contributed by atoms with Crippen molar-refractivity contribution in [2.24, 2.45) is 11.0 Å². The zero-order valence-electron chi connectivity index (χ0n) is 15.4. The van der Waals surface area contributed by atoms with Crippen LogP contribution < -0.4 is 5.32 Å². The Bertz CT molecular complexity index is 852. The molecule has 1 aliphatic heterocycles. The molecule has 2 atom stereocenters. The summed E-state index contributed by atoms with van der Waals surface area (Å²) in [5.41, 5.74) is 3.96. The van der Waals surface area contributed by atoms with Crippen LogP contribution in [-0.4, -0.2) is 21.9 Å². The molecule has 1 aromatic heterocycles. The number of hydrogen-bond donors (Lipinski definition) is 1. The molecule has 1 N–H and O–H groups in total. The van der Waals surface area contributed by atoms with E-state index in [2.05, 4.69) is 52.1 Å². The van der Waals surface area contributed by atoms with Crippen LogP contribution in [0.5, 0.6) is 0 Å². The van der Waals surface area contributed by atoms with Crippen LogP contribution in [0.15, 0.2) is 46.9 Å². The van der Waals surface area contributed by atoms with Crippen molar-refractivity contribution in [2.45, 2.75) is 57.0 Å². The summed E-state index contributed by atoms with van der Waals surface area (Å²) in [6.45, 7) is 0. The minimum absolute atomic E-state index is 0.233. The van der Waals surface area contributed by atoms with E-state index in [-0.39, 0.29) is 6.04 Å². The lowest BCUT2D eigenvalue weighted by atomic mass is 9.79. The largest absolute Gasteiger partial charge is 0.358 e. The van der Waals surface area contributed by atoms with Crippen molar-refractivity contribution in [3.05, 3.63) is 57.8 Å². The summed E-state index contributed by atoms with van der Waals surface area (Å²) in [5.74, 6) is 0.421. The van der Waals surface area contributed by atoms with Gasteiger partial charge in [0.1, 0.15) is 0 Å². The van der Waals surface area contributed by atoms with Crippen LogP contribution in [0, 0.1) is 5.92 Å². The topological polar surface area (TPSA) is 27.6 Å². The first-order valence-corrected chi connectivity index (χ1v) is 11.4. The van der Waals surface area contributed by atoms with Gasteiger partial charge in [-0.05, 0) is 54.9 Å². The molecule has 5 heteroatoms. The van der Waals surface area contributed by atoms with E-state index in [1.54, 1.807) is 0 Å². The third kappa shape index (κ3) is 3.21. The van der Waals surface area contributed by atoms with Gasteiger partial charge in [0.2, 0.25) is 0 Å². The van der Waals surface area contributed by atoms with Gasteiger partial charge in [-0.15, -0.1) is 11.3 Å². The number of aryl methyl sites for hydroxylation is 1. The molecule has 1 fully saturated rings. The van der Waals surface area contributed by atoms with Gasteiger partial charge >= 0.3 is 0 Å². The Labute approximate surface area is 170 Å². The normalized spacial score (nSPS) is 24.9. The van der Waals surface area contributed by atoms with E-state index in [0.717, 1.165) is 18.0 Å². The first-order valence-electron chi connectivity index (χ1n) is 10.1. The van der Waals surface area contributed by atoms with Crippen LogP contribution in [-0.2, 0) is 6.42 Å². The highest BCUT2D eigenvalue weighted by Gasteiger charge is 2.43. The Hall–Kier alpha value is -1.72. The molecule has 0 amide bonds. The first kappa shape index (κ1) is 17.4. The Morgan fingerprint density at radius 2 is 1.93 bits per heavy atom. The number of thiophene rings is 1. The summed E-state index contributed by atoms with van der Waals surface area (Å²) >= 11 is 7.70. The number of thiocarbonyl (C=S) groups is 1. The predicted molar refractivity (Wildman–Crippen MR) is 116 cm³/mol. The highest BCUT2D eigenvalue weighted by atomic mass is 32.1. The van der Waals surface area contributed by atoms with Crippen LogP contribution in [0.1, 0.15) is 60.6 Å². The number of benzene rings is 1. The van der Waals surface area contributed by atoms with Crippen molar-refractivity contribution in [1.82, 2.24) is 10.3 Å². The third-order valence-corrected chi connectivity index (χ3v) is 7.45. The van der Waals surface area contributed by atoms with Gasteiger partial charge in [-0.25, -0.2) is 5.01 Å². The molecule has 140 valence electrons. The fourth-order valence-electron chi connectivity index (χ4n) is 4.86. The van der Waals surface area contributed by atoms with Crippen LogP contribution in [0.4, 0.5) is 0 Å². The average molecular weight is 396 g/mol. The van der Waals surface area contributed by atoms with Gasteiger partial charge in [0.25, 0.3) is 0 Å². The van der Waals surface area contributed by atoms with Gasteiger partial charge < -0.3 is 5.32 Å². The first-order chi connectivity index (χ1) is 13.3. The molecule has 0 radical (unpaired) electrons. The molecule has 2 aliphatic carbocycles. The maximum absolute atomic E-state index is 5.88. The Morgan fingerprint density at radius 3 is 2.74 bits per heavy atom. The standard InChI is InChI=1S/C22H25N3S2/c26-22(23-16-8-2-1-3-9-16)25-21(19-11-6-14-27-19)18-13-12-15-7-4-5-10-17(15)20(18)24-25/h4-7,10-11,14,16,18,21H,1-3,8-9,12-13H2,(H,23,26)/t18-,21+/m1/s1. The number of nitrogens with zero attached hydrogens (tertiary/aromatic N) is 2. The summed E-state index contributed by atoms with van der Waals surface area (Å²) in [7, 11) is 0. The molecule has 2 aromatic rings. The van der Waals surface area contributed by atoms with E-state index in [0.29, 0.717) is 12.0 Å². The minimum Gasteiger partial charge on any atom is -0.358 e. The summed E-state index contributed by atoms with van der Waals surface area (Å²) < 4.78 is 0. The fraction of sp³-hybridized carbons (Fsp3) is 0.455. The lowest BCUT2D eigenvalue weighted by Gasteiger charge is -2.32. The number of hydrogen-bond acceptors (Lipinski definition) is 3. The molecule has 0 spiro atoms. The second kappa shape index (κ2) is 7.36. The highest BCUT2D eigenvalue weighted by Crippen LogP contribution is 2.44. The molecule has 0 unspecified atom stereocenters. The van der Waals surface area contributed by atoms with E-state index in [1.165, 1.54) is 53.8 Å². The van der Waals surface area contributed by atoms with Gasteiger partial charge in [0.15, 0.2) is 5.11 Å². The summed E-state index contributed by atoms with van der Waals surface area (Å²) in [6, 6.07) is 13.9. The van der Waals surface area contributed by atoms with Crippen molar-refractivity contribution in [2.75, 3.05) is 0 Å². The number of fused-ring (bicyclic) bond motifs is 3. The molecule has 3 aliphatic rings. The summed E-state index contributed by atoms with van der Waals surface area (Å²) in [6.07, 6.45) is 8.67. The summed E-state index contributed by atoms with van der Waals surface area (Å²) in [5, 5.41) is 13.8. The van der Waals surface area contributed by atoms with Gasteiger partial charge in [-0.1, -0.05) is 49.6 Å². The summed E-state index contributed by atoms with van der Waals surface area (Å²) in [4.78, 5) is 1.37. The van der Waals surface area contributed by atoms with Crippen molar-refractivity contribution < 1.29 is 0 Å². The number of hydrazone groups is 1. The van der Waals surface area contributed by atoms with Gasteiger partial charge in [0.05, 0.1) is 11.8 Å². The highest BCUT2D eigenvalue weighted by molar-refractivity contribution is 7.80. The number of nitrogens with one attached hydrogen (secondary N) is 1. The quantitative estimate of drug-likeness (QED) is 0.701. The molecule has 3 nitrogen and oxygen atoms in total. The van der Waals surface area contributed by atoms with Crippen LogP contribution >= 0.6 is 23.6 Å². The lowest BCUT2D eigenvalue weighted by Crippen LogP contribution is -2.44. The third-order valence-electron chi connectivity index (χ3n) is 6.20. The number of rotatable bonds is 2. The molecule has 0 saturated heterocycles. The van der Waals surface area contributed by atoms with Gasteiger partial charge in [-0.2, -0.15) is 5.10 Å². The molecule has 2 heterocycles. The Kier molecular flexibility index (Phi) is 4.74. The van der Waals surface area contributed by atoms with Crippen LogP contribution in [0.3, 0.4) is 0 Å². The smallest absolute Gasteiger partial charge is 0.190 e. The van der Waals surface area contributed by atoms with E-state index in [4.69, 9.17) is 17.3 Å². The van der Waals surface area contributed by atoms with Crippen molar-refractivity contribution in [1.29, 1.82) is 0 Å². The zero-order chi connectivity index (χ0) is 18.2. The average Bonchev–Trinajstić information content (AvgIpc) is 3.36. The molecule has 5 rings (SSSR count). The van der Waals surface area contributed by atoms with Crippen LogP contribution in [0.25, 0.3) is 0 Å². The maximum Gasteiger partial charge on any atom is 0.190 e. The van der Waals surface area contributed by atoms with Gasteiger partial charge in [-0.3, -0.25) is 0 Å². The van der Waals surface area contributed by atoms with E-state index < -0.39 is 0 Å². The molecular weight excluding hydrogens is 370 g/mol. The molecule has 1 saturated carbocycles. The fourth-order valence-corrected chi connectivity index (χ4v) is 6.05. The van der Waals surface area contributed by atoms with Crippen molar-refractivity contribution in [3.8, 4) is 0 Å². The van der Waals surface area contributed by atoms with E-state index in [9.17, 15) is 0 Å². The maximum atomic E-state index is 5.88. The molecule has 1 aromatic carbocycles.